The van der Waals surface area contributed by atoms with E-state index in [1.54, 1.807) is 11.3 Å². The van der Waals surface area contributed by atoms with E-state index in [1.807, 2.05) is 39.3 Å². The first-order chi connectivity index (χ1) is 11.6. The third kappa shape index (κ3) is 7.19. The molecule has 0 saturated carbocycles. The van der Waals surface area contributed by atoms with E-state index in [1.165, 1.54) is 10.4 Å². The van der Waals surface area contributed by atoms with E-state index >= 15 is 0 Å². The van der Waals surface area contributed by atoms with Crippen LogP contribution in [0.25, 0.3) is 0 Å². The highest BCUT2D eigenvalue weighted by atomic mass is 127. The molecule has 0 aliphatic rings. The fourth-order valence-electron chi connectivity index (χ4n) is 2.39. The summed E-state index contributed by atoms with van der Waals surface area (Å²) in [7, 11) is 3.85. The van der Waals surface area contributed by atoms with Gasteiger partial charge in [0.05, 0.1) is 11.6 Å². The average Bonchev–Trinajstić information content (AvgIpc) is 2.99. The Hall–Kier alpha value is -1.35. The molecule has 1 heterocycles. The van der Waals surface area contributed by atoms with Crippen molar-refractivity contribution in [3.8, 4) is 5.75 Å². The lowest BCUT2D eigenvalue weighted by Crippen LogP contribution is -2.39. The molecule has 0 radical (unpaired) electrons. The predicted octanol–water partition coefficient (Wildman–Crippen LogP) is 3.72. The third-order valence-electron chi connectivity index (χ3n) is 3.52. The second-order valence-electron chi connectivity index (χ2n) is 5.52. The summed E-state index contributed by atoms with van der Waals surface area (Å²) in [5, 5.41) is 4.55. The van der Waals surface area contributed by atoms with E-state index in [4.69, 9.17) is 4.74 Å². The van der Waals surface area contributed by atoms with Crippen molar-refractivity contribution >= 4 is 41.3 Å². The summed E-state index contributed by atoms with van der Waals surface area (Å²) in [6.45, 7) is 6.38. The molecule has 25 heavy (non-hydrogen) atoms. The maximum atomic E-state index is 5.48. The minimum atomic E-state index is 0. The Morgan fingerprint density at radius 3 is 2.60 bits per heavy atom. The average molecular weight is 474 g/mol. The minimum absolute atomic E-state index is 0. The normalized spacial score (nSPS) is 11.0. The number of halogens is 1. The zero-order valence-electron chi connectivity index (χ0n) is 15.3. The number of hydrogen-bond donors (Lipinski definition) is 1. The van der Waals surface area contributed by atoms with Crippen molar-refractivity contribution in [3.05, 3.63) is 45.9 Å². The molecule has 0 amide bonds. The van der Waals surface area contributed by atoms with Gasteiger partial charge >= 0.3 is 0 Å². The van der Waals surface area contributed by atoms with E-state index in [0.29, 0.717) is 6.61 Å². The van der Waals surface area contributed by atoms with Gasteiger partial charge in [-0.3, -0.25) is 4.99 Å². The molecule has 1 aromatic carbocycles. The van der Waals surface area contributed by atoms with Crippen LogP contribution in [0.4, 0.5) is 0 Å². The Morgan fingerprint density at radius 2 is 2.04 bits per heavy atom. The van der Waals surface area contributed by atoms with Gasteiger partial charge in [0.2, 0.25) is 0 Å². The molecule has 138 valence electrons. The highest BCUT2D eigenvalue weighted by molar-refractivity contribution is 14.0. The third-order valence-corrected chi connectivity index (χ3v) is 4.49. The topological polar surface area (TPSA) is 49.8 Å². The minimum Gasteiger partial charge on any atom is -0.494 e. The molecule has 0 saturated heterocycles. The van der Waals surface area contributed by atoms with Crippen molar-refractivity contribution in [3.63, 3.8) is 0 Å². The molecule has 5 nitrogen and oxygen atoms in total. The van der Waals surface area contributed by atoms with Gasteiger partial charge in [-0.1, -0.05) is 12.1 Å². The SMILES string of the molecule is CCOc1ccc(CN(C)C(=NC)NCCc2ncc(C)s2)cc1.I. The van der Waals surface area contributed by atoms with Crippen molar-refractivity contribution in [2.75, 3.05) is 27.2 Å². The van der Waals surface area contributed by atoms with Crippen LogP contribution in [0, 0.1) is 6.92 Å². The summed E-state index contributed by atoms with van der Waals surface area (Å²) in [5.74, 6) is 1.79. The highest BCUT2D eigenvalue weighted by Crippen LogP contribution is 2.13. The summed E-state index contributed by atoms with van der Waals surface area (Å²) < 4.78 is 5.48. The van der Waals surface area contributed by atoms with Crippen molar-refractivity contribution in [1.82, 2.24) is 15.2 Å². The van der Waals surface area contributed by atoms with Crippen LogP contribution in [0.1, 0.15) is 22.4 Å². The first kappa shape index (κ1) is 21.7. The van der Waals surface area contributed by atoms with Gasteiger partial charge in [-0.05, 0) is 31.5 Å². The number of ether oxygens (including phenoxy) is 1. The van der Waals surface area contributed by atoms with Crippen LogP contribution < -0.4 is 10.1 Å². The number of guanidine groups is 1. The molecule has 2 rings (SSSR count). The fraction of sp³-hybridized carbons (Fsp3) is 0.444. The van der Waals surface area contributed by atoms with Gasteiger partial charge < -0.3 is 15.0 Å². The van der Waals surface area contributed by atoms with Crippen LogP contribution in [0.2, 0.25) is 0 Å². The maximum Gasteiger partial charge on any atom is 0.193 e. The Kier molecular flexibility index (Phi) is 9.81. The first-order valence-corrected chi connectivity index (χ1v) is 8.99. The molecular formula is C18H27IN4OS. The molecule has 0 aliphatic carbocycles. The van der Waals surface area contributed by atoms with Crippen LogP contribution in [0.15, 0.2) is 35.5 Å². The summed E-state index contributed by atoms with van der Waals surface area (Å²) >= 11 is 1.75. The van der Waals surface area contributed by atoms with Gasteiger partial charge in [-0.2, -0.15) is 0 Å². The zero-order chi connectivity index (χ0) is 17.4. The van der Waals surface area contributed by atoms with Crippen molar-refractivity contribution < 1.29 is 4.74 Å². The molecule has 0 unspecified atom stereocenters. The monoisotopic (exact) mass is 474 g/mol. The number of hydrogen-bond acceptors (Lipinski definition) is 4. The standard InChI is InChI=1S/C18H26N4OS.HI/c1-5-23-16-8-6-15(7-9-16)13-22(4)18(19-3)20-11-10-17-21-12-14(2)24-17;/h6-9,12H,5,10-11,13H2,1-4H3,(H,19,20);1H. The fourth-order valence-corrected chi connectivity index (χ4v) is 3.18. The number of aryl methyl sites for hydroxylation is 1. The largest absolute Gasteiger partial charge is 0.494 e. The molecule has 0 atom stereocenters. The Morgan fingerprint density at radius 1 is 1.32 bits per heavy atom. The van der Waals surface area contributed by atoms with Crippen molar-refractivity contribution in [2.24, 2.45) is 4.99 Å². The van der Waals surface area contributed by atoms with Crippen LogP contribution in [-0.4, -0.2) is 43.1 Å². The van der Waals surface area contributed by atoms with Gasteiger partial charge in [0, 0.05) is 44.7 Å². The predicted molar refractivity (Wildman–Crippen MR) is 116 cm³/mol. The van der Waals surface area contributed by atoms with E-state index in [-0.39, 0.29) is 24.0 Å². The summed E-state index contributed by atoms with van der Waals surface area (Å²) in [4.78, 5) is 12.1. The number of nitrogens with one attached hydrogen (secondary N) is 1. The van der Waals surface area contributed by atoms with Crippen LogP contribution >= 0.6 is 35.3 Å². The van der Waals surface area contributed by atoms with E-state index in [0.717, 1.165) is 36.2 Å². The lowest BCUT2D eigenvalue weighted by molar-refractivity contribution is 0.340. The second kappa shape index (κ2) is 11.3. The number of rotatable bonds is 7. The van der Waals surface area contributed by atoms with Crippen LogP contribution in [0.5, 0.6) is 5.75 Å². The maximum absolute atomic E-state index is 5.48. The van der Waals surface area contributed by atoms with Gasteiger partial charge in [-0.25, -0.2) is 4.98 Å². The molecule has 7 heteroatoms. The molecule has 2 aromatic rings. The summed E-state index contributed by atoms with van der Waals surface area (Å²) in [5.41, 5.74) is 1.22. The number of aromatic nitrogens is 1. The summed E-state index contributed by atoms with van der Waals surface area (Å²) in [6, 6.07) is 8.20. The second-order valence-corrected chi connectivity index (χ2v) is 6.84. The van der Waals surface area contributed by atoms with Crippen LogP contribution in [0.3, 0.4) is 0 Å². The van der Waals surface area contributed by atoms with Crippen molar-refractivity contribution in [2.45, 2.75) is 26.8 Å². The Labute approximate surface area is 171 Å². The zero-order valence-corrected chi connectivity index (χ0v) is 18.4. The molecule has 1 aromatic heterocycles. The van der Waals surface area contributed by atoms with Crippen molar-refractivity contribution in [1.29, 1.82) is 0 Å². The van der Waals surface area contributed by atoms with E-state index in [9.17, 15) is 0 Å². The summed E-state index contributed by atoms with van der Waals surface area (Å²) in [6.07, 6.45) is 2.83. The lowest BCUT2D eigenvalue weighted by atomic mass is 10.2. The number of benzene rings is 1. The smallest absolute Gasteiger partial charge is 0.193 e. The molecule has 0 spiro atoms. The molecule has 1 N–H and O–H groups in total. The number of aliphatic imine (C=N–C) groups is 1. The van der Waals surface area contributed by atoms with E-state index in [2.05, 4.69) is 39.2 Å². The number of thiazole rings is 1. The van der Waals surface area contributed by atoms with Gasteiger partial charge in [0.1, 0.15) is 5.75 Å². The quantitative estimate of drug-likeness (QED) is 0.378. The van der Waals surface area contributed by atoms with Gasteiger partial charge in [0.15, 0.2) is 5.96 Å². The number of nitrogens with zero attached hydrogens (tertiary/aromatic N) is 3. The van der Waals surface area contributed by atoms with Gasteiger partial charge in [-0.15, -0.1) is 35.3 Å². The Balaban J connectivity index is 0.00000312. The molecular weight excluding hydrogens is 447 g/mol. The molecule has 0 bridgehead atoms. The van der Waals surface area contributed by atoms with E-state index < -0.39 is 0 Å². The van der Waals surface area contributed by atoms with Gasteiger partial charge in [0.25, 0.3) is 0 Å². The molecule has 0 aliphatic heterocycles. The first-order valence-electron chi connectivity index (χ1n) is 8.17. The highest BCUT2D eigenvalue weighted by Gasteiger charge is 2.07. The molecule has 0 fully saturated rings. The lowest BCUT2D eigenvalue weighted by Gasteiger charge is -2.22. The van der Waals surface area contributed by atoms with Crippen LogP contribution in [-0.2, 0) is 13.0 Å². The Bertz CT molecular complexity index is 657.